The van der Waals surface area contributed by atoms with Gasteiger partial charge in [-0.25, -0.2) is 4.79 Å². The number of hydrogen-bond donors (Lipinski definition) is 1. The second kappa shape index (κ2) is 6.25. The molecule has 4 heteroatoms. The third-order valence-electron chi connectivity index (χ3n) is 4.74. The molecule has 0 atom stereocenters. The first-order valence-corrected chi connectivity index (χ1v) is 9.25. The zero-order valence-corrected chi connectivity index (χ0v) is 15.5. The van der Waals surface area contributed by atoms with Gasteiger partial charge < -0.3 is 9.84 Å². The van der Waals surface area contributed by atoms with E-state index in [9.17, 15) is 9.90 Å². The van der Waals surface area contributed by atoms with E-state index in [-0.39, 0.29) is 5.41 Å². The van der Waals surface area contributed by atoms with Crippen molar-refractivity contribution in [2.45, 2.75) is 47.0 Å². The summed E-state index contributed by atoms with van der Waals surface area (Å²) in [6.45, 7) is 9.05. The monoisotopic (exact) mass is 344 g/mol. The topological polar surface area (TPSA) is 46.5 Å². The standard InChI is InChI=1S/C20H24O3S/c1-5-23-13-6-7-14(12(2)10-13)18-17(19(21)22)15-11-20(3,4)9-8-16(15)24-18/h6-7,10H,5,8-9,11H2,1-4H3,(H,21,22). The Bertz CT molecular complexity index is 786. The molecule has 1 aromatic heterocycles. The fraction of sp³-hybridized carbons (Fsp3) is 0.450. The molecule has 2 aromatic rings. The van der Waals surface area contributed by atoms with Crippen LogP contribution in [0.1, 0.15) is 53.6 Å². The summed E-state index contributed by atoms with van der Waals surface area (Å²) in [5.74, 6) is 0.0200. The van der Waals surface area contributed by atoms with E-state index in [2.05, 4.69) is 13.8 Å². The average Bonchev–Trinajstić information content (AvgIpc) is 2.84. The van der Waals surface area contributed by atoms with Crippen LogP contribution in [0.2, 0.25) is 0 Å². The number of fused-ring (bicyclic) bond motifs is 1. The third kappa shape index (κ3) is 3.07. The highest BCUT2D eigenvalue weighted by Crippen LogP contribution is 2.45. The molecule has 1 aliphatic rings. The molecule has 3 nitrogen and oxygen atoms in total. The quantitative estimate of drug-likeness (QED) is 0.815. The number of benzene rings is 1. The van der Waals surface area contributed by atoms with Gasteiger partial charge in [-0.3, -0.25) is 0 Å². The Labute approximate surface area is 147 Å². The maximum Gasteiger partial charge on any atom is 0.337 e. The SMILES string of the molecule is CCOc1ccc(-c2sc3c(c2C(=O)O)CC(C)(C)CC3)c(C)c1. The van der Waals surface area contributed by atoms with Gasteiger partial charge in [0.05, 0.1) is 12.2 Å². The lowest BCUT2D eigenvalue weighted by molar-refractivity contribution is 0.0696. The molecule has 1 N–H and O–H groups in total. The zero-order valence-electron chi connectivity index (χ0n) is 14.7. The number of carboxylic acid groups (broad SMARTS) is 1. The van der Waals surface area contributed by atoms with Crippen molar-refractivity contribution in [2.24, 2.45) is 5.41 Å². The summed E-state index contributed by atoms with van der Waals surface area (Å²) in [5, 5.41) is 9.85. The van der Waals surface area contributed by atoms with Gasteiger partial charge in [0.2, 0.25) is 0 Å². The number of ether oxygens (including phenoxy) is 1. The largest absolute Gasteiger partial charge is 0.494 e. The zero-order chi connectivity index (χ0) is 17.5. The molecule has 24 heavy (non-hydrogen) atoms. The number of carboxylic acids is 1. The van der Waals surface area contributed by atoms with E-state index in [1.165, 1.54) is 4.88 Å². The highest BCUT2D eigenvalue weighted by molar-refractivity contribution is 7.16. The molecule has 0 aliphatic heterocycles. The summed E-state index contributed by atoms with van der Waals surface area (Å²) in [6.07, 6.45) is 2.93. The molecule has 1 aromatic carbocycles. The van der Waals surface area contributed by atoms with Crippen LogP contribution in [0.25, 0.3) is 10.4 Å². The number of aromatic carboxylic acids is 1. The molecular weight excluding hydrogens is 320 g/mol. The highest BCUT2D eigenvalue weighted by atomic mass is 32.1. The molecule has 0 fully saturated rings. The van der Waals surface area contributed by atoms with E-state index < -0.39 is 5.97 Å². The Morgan fingerprint density at radius 1 is 1.38 bits per heavy atom. The van der Waals surface area contributed by atoms with E-state index in [0.29, 0.717) is 12.2 Å². The molecule has 0 bridgehead atoms. The smallest absolute Gasteiger partial charge is 0.337 e. The van der Waals surface area contributed by atoms with Crippen molar-refractivity contribution >= 4 is 17.3 Å². The fourth-order valence-corrected chi connectivity index (χ4v) is 4.88. The molecule has 3 rings (SSSR count). The molecule has 0 radical (unpaired) electrons. The summed E-state index contributed by atoms with van der Waals surface area (Å²) in [6, 6.07) is 5.92. The van der Waals surface area contributed by atoms with Gasteiger partial charge in [0, 0.05) is 9.75 Å². The maximum absolute atomic E-state index is 12.0. The van der Waals surface area contributed by atoms with Crippen molar-refractivity contribution < 1.29 is 14.6 Å². The van der Waals surface area contributed by atoms with Gasteiger partial charge in [0.1, 0.15) is 5.75 Å². The molecular formula is C20H24O3S. The van der Waals surface area contributed by atoms with Gasteiger partial charge in [-0.05, 0) is 73.4 Å². The molecule has 0 saturated heterocycles. The first-order valence-electron chi connectivity index (χ1n) is 8.44. The van der Waals surface area contributed by atoms with Crippen LogP contribution in [-0.4, -0.2) is 17.7 Å². The molecule has 1 heterocycles. The van der Waals surface area contributed by atoms with E-state index in [0.717, 1.165) is 46.6 Å². The summed E-state index contributed by atoms with van der Waals surface area (Å²) in [7, 11) is 0. The molecule has 128 valence electrons. The Morgan fingerprint density at radius 3 is 2.75 bits per heavy atom. The predicted octanol–water partition coefficient (Wildman–Crippen LogP) is 5.34. The number of thiophene rings is 1. The van der Waals surface area contributed by atoms with Gasteiger partial charge in [-0.2, -0.15) is 0 Å². The molecule has 0 saturated carbocycles. The second-order valence-electron chi connectivity index (χ2n) is 7.26. The summed E-state index contributed by atoms with van der Waals surface area (Å²) >= 11 is 1.66. The van der Waals surface area contributed by atoms with Crippen LogP contribution in [0.3, 0.4) is 0 Å². The van der Waals surface area contributed by atoms with Crippen molar-refractivity contribution in [3.63, 3.8) is 0 Å². The van der Waals surface area contributed by atoms with Gasteiger partial charge in [0.25, 0.3) is 0 Å². The fourth-order valence-electron chi connectivity index (χ4n) is 3.48. The predicted molar refractivity (Wildman–Crippen MR) is 98.4 cm³/mol. The average molecular weight is 344 g/mol. The van der Waals surface area contributed by atoms with E-state index in [1.807, 2.05) is 32.0 Å². The Morgan fingerprint density at radius 2 is 2.12 bits per heavy atom. The van der Waals surface area contributed by atoms with Gasteiger partial charge >= 0.3 is 5.97 Å². The minimum absolute atomic E-state index is 0.170. The van der Waals surface area contributed by atoms with E-state index in [4.69, 9.17) is 4.74 Å². The summed E-state index contributed by atoms with van der Waals surface area (Å²) in [4.78, 5) is 14.1. The number of hydrogen-bond acceptors (Lipinski definition) is 3. The number of rotatable bonds is 4. The molecule has 0 unspecified atom stereocenters. The minimum Gasteiger partial charge on any atom is -0.494 e. The van der Waals surface area contributed by atoms with Crippen molar-refractivity contribution in [2.75, 3.05) is 6.61 Å². The molecule has 0 spiro atoms. The first-order chi connectivity index (χ1) is 11.3. The Hall–Kier alpha value is -1.81. The van der Waals surface area contributed by atoms with Gasteiger partial charge in [0.15, 0.2) is 0 Å². The summed E-state index contributed by atoms with van der Waals surface area (Å²) < 4.78 is 5.55. The maximum atomic E-state index is 12.0. The van der Waals surface area contributed by atoms with Crippen molar-refractivity contribution in [3.05, 3.63) is 39.8 Å². The Kier molecular flexibility index (Phi) is 4.43. The van der Waals surface area contributed by atoms with Gasteiger partial charge in [-0.1, -0.05) is 13.8 Å². The van der Waals surface area contributed by atoms with Crippen LogP contribution >= 0.6 is 11.3 Å². The van der Waals surface area contributed by atoms with Crippen molar-refractivity contribution in [1.29, 1.82) is 0 Å². The van der Waals surface area contributed by atoms with Gasteiger partial charge in [-0.15, -0.1) is 11.3 Å². The van der Waals surface area contributed by atoms with Crippen molar-refractivity contribution in [1.82, 2.24) is 0 Å². The van der Waals surface area contributed by atoms with Crippen LogP contribution in [-0.2, 0) is 12.8 Å². The highest BCUT2D eigenvalue weighted by Gasteiger charge is 2.33. The summed E-state index contributed by atoms with van der Waals surface area (Å²) in [5.41, 5.74) is 3.79. The lowest BCUT2D eigenvalue weighted by Crippen LogP contribution is -2.22. The van der Waals surface area contributed by atoms with Crippen molar-refractivity contribution in [3.8, 4) is 16.2 Å². The Balaban J connectivity index is 2.12. The van der Waals surface area contributed by atoms with Crippen LogP contribution < -0.4 is 4.74 Å². The second-order valence-corrected chi connectivity index (χ2v) is 8.37. The molecule has 0 amide bonds. The lowest BCUT2D eigenvalue weighted by atomic mass is 9.76. The van der Waals surface area contributed by atoms with Crippen LogP contribution in [0.5, 0.6) is 5.75 Å². The molecule has 1 aliphatic carbocycles. The first kappa shape index (κ1) is 17.0. The number of carbonyl (C=O) groups is 1. The van der Waals surface area contributed by atoms with Crippen LogP contribution in [0.4, 0.5) is 0 Å². The van der Waals surface area contributed by atoms with Crippen LogP contribution in [0.15, 0.2) is 18.2 Å². The van der Waals surface area contributed by atoms with E-state index in [1.54, 1.807) is 11.3 Å². The number of aryl methyl sites for hydroxylation is 2. The third-order valence-corrected chi connectivity index (χ3v) is 6.07. The normalized spacial score (nSPS) is 15.8. The minimum atomic E-state index is -0.812. The van der Waals surface area contributed by atoms with Crippen LogP contribution in [0, 0.1) is 12.3 Å². The lowest BCUT2D eigenvalue weighted by Gasteiger charge is -2.29. The van der Waals surface area contributed by atoms with E-state index >= 15 is 0 Å².